The molecule has 12 heavy (non-hydrogen) atoms. The molecular weight excluding hydrogens is 168 g/mol. The first-order valence-corrected chi connectivity index (χ1v) is 5.25. The smallest absolute Gasteiger partial charge is 0.0747 e. The van der Waals surface area contributed by atoms with Crippen molar-refractivity contribution in [1.29, 1.82) is 0 Å². The molecule has 1 nitrogen and oxygen atoms in total. The summed E-state index contributed by atoms with van der Waals surface area (Å²) in [5.41, 5.74) is 0. The van der Waals surface area contributed by atoms with E-state index >= 15 is 0 Å². The SMILES string of the molecule is CCC1=c2ccccc2=CS1=O. The first-order valence-electron chi connectivity index (χ1n) is 4.03. The van der Waals surface area contributed by atoms with E-state index in [4.69, 9.17) is 0 Å². The van der Waals surface area contributed by atoms with Crippen LogP contribution in [0.25, 0.3) is 10.3 Å². The highest BCUT2D eigenvalue weighted by molar-refractivity contribution is 8.01. The molecule has 1 aromatic carbocycles. The zero-order valence-corrected chi connectivity index (χ0v) is 7.73. The van der Waals surface area contributed by atoms with Crippen molar-refractivity contribution in [3.63, 3.8) is 0 Å². The van der Waals surface area contributed by atoms with Gasteiger partial charge in [-0.1, -0.05) is 31.2 Å². The standard InChI is InChI=1S/C10H10OS/c1-2-10-9-6-4-3-5-8(9)7-12(10)11/h3-7H,2H2,1H3. The van der Waals surface area contributed by atoms with Gasteiger partial charge in [0.2, 0.25) is 0 Å². The van der Waals surface area contributed by atoms with Gasteiger partial charge in [0.1, 0.15) is 0 Å². The average molecular weight is 178 g/mol. The Bertz CT molecular complexity index is 445. The van der Waals surface area contributed by atoms with Crippen molar-refractivity contribution in [2.24, 2.45) is 0 Å². The highest BCUT2D eigenvalue weighted by Crippen LogP contribution is 2.09. The van der Waals surface area contributed by atoms with Gasteiger partial charge in [-0.05, 0) is 16.9 Å². The highest BCUT2D eigenvalue weighted by Gasteiger charge is 2.09. The van der Waals surface area contributed by atoms with Crippen LogP contribution in [-0.2, 0) is 10.8 Å². The summed E-state index contributed by atoms with van der Waals surface area (Å²) in [5, 5.41) is 4.11. The lowest BCUT2D eigenvalue weighted by Crippen LogP contribution is -2.21. The Balaban J connectivity index is 2.88. The van der Waals surface area contributed by atoms with Crippen LogP contribution in [-0.4, -0.2) is 4.21 Å². The summed E-state index contributed by atoms with van der Waals surface area (Å²) >= 11 is 0. The Kier molecular flexibility index (Phi) is 1.85. The summed E-state index contributed by atoms with van der Waals surface area (Å²) < 4.78 is 11.5. The van der Waals surface area contributed by atoms with Crippen LogP contribution in [0.5, 0.6) is 0 Å². The van der Waals surface area contributed by atoms with Crippen LogP contribution in [0.3, 0.4) is 0 Å². The van der Waals surface area contributed by atoms with Crippen LogP contribution in [0.1, 0.15) is 13.3 Å². The Hall–Kier alpha value is -0.890. The summed E-state index contributed by atoms with van der Waals surface area (Å²) in [6, 6.07) is 8.02. The fraction of sp³-hybridized carbons (Fsp3) is 0.200. The zero-order chi connectivity index (χ0) is 8.55. The van der Waals surface area contributed by atoms with Crippen molar-refractivity contribution in [2.75, 3.05) is 0 Å². The third-order valence-corrected chi connectivity index (χ3v) is 3.52. The maximum Gasteiger partial charge on any atom is 0.0747 e. The fourth-order valence-corrected chi connectivity index (χ4v) is 2.75. The quantitative estimate of drug-likeness (QED) is 0.619. The molecule has 0 amide bonds. The maximum atomic E-state index is 11.5. The minimum Gasteiger partial charge on any atom is -0.250 e. The van der Waals surface area contributed by atoms with Crippen molar-refractivity contribution < 1.29 is 4.21 Å². The third-order valence-electron chi connectivity index (χ3n) is 2.06. The van der Waals surface area contributed by atoms with E-state index < -0.39 is 10.8 Å². The predicted octanol–water partition coefficient (Wildman–Crippen LogP) is 0.705. The molecule has 0 fully saturated rings. The van der Waals surface area contributed by atoms with Crippen LogP contribution < -0.4 is 10.4 Å². The molecule has 0 N–H and O–H groups in total. The number of benzene rings is 1. The predicted molar refractivity (Wildman–Crippen MR) is 52.0 cm³/mol. The summed E-state index contributed by atoms with van der Waals surface area (Å²) in [4.78, 5) is 1.06. The number of hydrogen-bond donors (Lipinski definition) is 0. The normalized spacial score (nSPS) is 20.4. The van der Waals surface area contributed by atoms with Crippen molar-refractivity contribution in [2.45, 2.75) is 13.3 Å². The molecule has 1 unspecified atom stereocenters. The van der Waals surface area contributed by atoms with Crippen molar-refractivity contribution in [3.8, 4) is 0 Å². The molecule has 2 heteroatoms. The van der Waals surface area contributed by atoms with Gasteiger partial charge in [-0.25, -0.2) is 4.21 Å². The Morgan fingerprint density at radius 3 is 2.83 bits per heavy atom. The Morgan fingerprint density at radius 2 is 2.08 bits per heavy atom. The van der Waals surface area contributed by atoms with E-state index in [2.05, 4.69) is 0 Å². The average Bonchev–Trinajstić information content (AvgIpc) is 2.40. The van der Waals surface area contributed by atoms with Crippen molar-refractivity contribution >= 4 is 21.1 Å². The van der Waals surface area contributed by atoms with E-state index in [0.717, 1.165) is 16.5 Å². The molecule has 0 radical (unpaired) electrons. The van der Waals surface area contributed by atoms with Crippen molar-refractivity contribution in [3.05, 3.63) is 34.7 Å². The summed E-state index contributed by atoms with van der Waals surface area (Å²) in [6.45, 7) is 2.04. The second kappa shape index (κ2) is 2.87. The van der Waals surface area contributed by atoms with E-state index in [1.54, 1.807) is 0 Å². The lowest BCUT2D eigenvalue weighted by atomic mass is 10.2. The minimum absolute atomic E-state index is 0.865. The lowest BCUT2D eigenvalue weighted by molar-refractivity contribution is 0.694. The topological polar surface area (TPSA) is 17.1 Å². The molecule has 0 bridgehead atoms. The van der Waals surface area contributed by atoms with Crippen LogP contribution in [0.4, 0.5) is 0 Å². The molecular formula is C10H10OS. The van der Waals surface area contributed by atoms with Crippen LogP contribution in [0.15, 0.2) is 24.3 Å². The lowest BCUT2D eigenvalue weighted by Gasteiger charge is -1.92. The largest absolute Gasteiger partial charge is 0.250 e. The third kappa shape index (κ3) is 1.03. The highest BCUT2D eigenvalue weighted by atomic mass is 32.2. The van der Waals surface area contributed by atoms with E-state index in [1.807, 2.05) is 36.6 Å². The summed E-state index contributed by atoms with van der Waals surface area (Å²) in [7, 11) is -0.865. The molecule has 0 saturated carbocycles. The number of rotatable bonds is 1. The van der Waals surface area contributed by atoms with Gasteiger partial charge in [0.15, 0.2) is 0 Å². The molecule has 0 aromatic heterocycles. The fourth-order valence-electron chi connectivity index (χ4n) is 1.48. The van der Waals surface area contributed by atoms with Crippen molar-refractivity contribution in [1.82, 2.24) is 0 Å². The van der Waals surface area contributed by atoms with Gasteiger partial charge in [-0.15, -0.1) is 0 Å². The Morgan fingerprint density at radius 1 is 1.33 bits per heavy atom. The van der Waals surface area contributed by atoms with Crippen LogP contribution >= 0.6 is 0 Å². The second-order valence-electron chi connectivity index (χ2n) is 2.78. The van der Waals surface area contributed by atoms with Gasteiger partial charge >= 0.3 is 0 Å². The molecule has 0 spiro atoms. The molecule has 0 saturated heterocycles. The van der Waals surface area contributed by atoms with E-state index in [1.165, 1.54) is 5.22 Å². The molecule has 1 aliphatic rings. The summed E-state index contributed by atoms with van der Waals surface area (Å²) in [5.74, 6) is 0. The van der Waals surface area contributed by atoms with Gasteiger partial charge in [-0.2, -0.15) is 0 Å². The first-order chi connectivity index (χ1) is 5.83. The van der Waals surface area contributed by atoms with Crippen LogP contribution in [0.2, 0.25) is 0 Å². The molecule has 62 valence electrons. The number of hydrogen-bond acceptors (Lipinski definition) is 1. The maximum absolute atomic E-state index is 11.5. The summed E-state index contributed by atoms with van der Waals surface area (Å²) in [6.07, 6.45) is 0.875. The van der Waals surface area contributed by atoms with E-state index in [0.29, 0.717) is 0 Å². The zero-order valence-electron chi connectivity index (χ0n) is 6.91. The molecule has 1 atom stereocenters. The molecule has 0 aliphatic carbocycles. The van der Waals surface area contributed by atoms with Gasteiger partial charge in [-0.3, -0.25) is 0 Å². The van der Waals surface area contributed by atoms with Gasteiger partial charge in [0.05, 0.1) is 10.8 Å². The number of fused-ring (bicyclic) bond motifs is 1. The van der Waals surface area contributed by atoms with Crippen LogP contribution in [0, 0.1) is 0 Å². The Labute approximate surface area is 73.9 Å². The second-order valence-corrected chi connectivity index (χ2v) is 4.10. The molecule has 2 rings (SSSR count). The van der Waals surface area contributed by atoms with E-state index in [-0.39, 0.29) is 0 Å². The minimum atomic E-state index is -0.865. The van der Waals surface area contributed by atoms with E-state index in [9.17, 15) is 4.21 Å². The van der Waals surface area contributed by atoms with Gasteiger partial charge < -0.3 is 0 Å². The first kappa shape index (κ1) is 7.74. The molecule has 1 aromatic rings. The molecule has 1 heterocycles. The monoisotopic (exact) mass is 178 g/mol. The van der Waals surface area contributed by atoms with Gasteiger partial charge in [0, 0.05) is 10.3 Å². The molecule has 1 aliphatic heterocycles. The van der Waals surface area contributed by atoms with Gasteiger partial charge in [0.25, 0.3) is 0 Å².